The molecular weight excluding hydrogens is 198 g/mol. The van der Waals surface area contributed by atoms with Gasteiger partial charge in [-0.05, 0) is 18.2 Å². The summed E-state index contributed by atoms with van der Waals surface area (Å²) in [5.74, 6) is 0. The molecule has 1 aliphatic rings. The molecule has 1 unspecified atom stereocenters. The van der Waals surface area contributed by atoms with Gasteiger partial charge in [0.1, 0.15) is 0 Å². The molecule has 0 bridgehead atoms. The Labute approximate surface area is 96.0 Å². The molecule has 0 amide bonds. The lowest BCUT2D eigenvalue weighted by Gasteiger charge is -2.36. The number of nitrogens with one attached hydrogen (secondary N) is 1. The van der Waals surface area contributed by atoms with E-state index in [1.54, 1.807) is 0 Å². The van der Waals surface area contributed by atoms with Gasteiger partial charge in [0, 0.05) is 25.3 Å². The first-order chi connectivity index (χ1) is 7.85. The van der Waals surface area contributed by atoms with E-state index in [-0.39, 0.29) is 0 Å². The van der Waals surface area contributed by atoms with Crippen LogP contribution in [0.4, 0.5) is 5.69 Å². The van der Waals surface area contributed by atoms with Crippen LogP contribution < -0.4 is 10.2 Å². The van der Waals surface area contributed by atoms with Crippen LogP contribution in [0.25, 0.3) is 0 Å². The molecule has 2 rings (SSSR count). The van der Waals surface area contributed by atoms with Crippen molar-refractivity contribution in [2.75, 3.05) is 24.5 Å². The van der Waals surface area contributed by atoms with Crippen molar-refractivity contribution < 1.29 is 0 Å². The largest absolute Gasteiger partial charge is 0.363 e. The van der Waals surface area contributed by atoms with Crippen LogP contribution in [-0.2, 0) is 0 Å². The highest BCUT2D eigenvalue weighted by Gasteiger charge is 2.19. The van der Waals surface area contributed by atoms with Crippen LogP contribution in [0.2, 0.25) is 0 Å². The van der Waals surface area contributed by atoms with Crippen LogP contribution in [0.1, 0.15) is 5.56 Å². The Morgan fingerprint density at radius 2 is 2.44 bits per heavy atom. The fourth-order valence-electron chi connectivity index (χ4n) is 2.01. The van der Waals surface area contributed by atoms with Crippen LogP contribution >= 0.6 is 0 Å². The first kappa shape index (κ1) is 10.7. The first-order valence-corrected chi connectivity index (χ1v) is 5.45. The van der Waals surface area contributed by atoms with E-state index in [4.69, 9.17) is 5.26 Å². The van der Waals surface area contributed by atoms with E-state index < -0.39 is 0 Å². The van der Waals surface area contributed by atoms with Gasteiger partial charge in [-0.3, -0.25) is 0 Å². The number of benzene rings is 1. The summed E-state index contributed by atoms with van der Waals surface area (Å²) in [5.41, 5.74) is 1.81. The minimum absolute atomic E-state index is 0.308. The van der Waals surface area contributed by atoms with E-state index in [1.165, 1.54) is 0 Å². The zero-order valence-electron chi connectivity index (χ0n) is 9.19. The molecule has 1 fully saturated rings. The maximum Gasteiger partial charge on any atom is 0.0992 e. The van der Waals surface area contributed by atoms with Gasteiger partial charge in [0.15, 0.2) is 0 Å². The molecule has 0 radical (unpaired) electrons. The normalized spacial score (nSPS) is 20.2. The van der Waals surface area contributed by atoms with Gasteiger partial charge in [-0.1, -0.05) is 12.1 Å². The van der Waals surface area contributed by atoms with Gasteiger partial charge < -0.3 is 10.2 Å². The van der Waals surface area contributed by atoms with Gasteiger partial charge in [-0.25, -0.2) is 0 Å². The number of nitriles is 1. The van der Waals surface area contributed by atoms with E-state index in [1.807, 2.05) is 30.3 Å². The summed E-state index contributed by atoms with van der Waals surface area (Å²) in [6, 6.07) is 10.2. The van der Waals surface area contributed by atoms with Crippen molar-refractivity contribution in [1.82, 2.24) is 5.32 Å². The highest BCUT2D eigenvalue weighted by molar-refractivity contribution is 5.53. The van der Waals surface area contributed by atoms with Crippen molar-refractivity contribution >= 4 is 5.69 Å². The summed E-state index contributed by atoms with van der Waals surface area (Å²) < 4.78 is 0. The van der Waals surface area contributed by atoms with E-state index in [2.05, 4.69) is 22.9 Å². The monoisotopic (exact) mass is 213 g/mol. The number of piperazine rings is 1. The van der Waals surface area contributed by atoms with E-state index >= 15 is 0 Å². The Kier molecular flexibility index (Phi) is 3.23. The average Bonchev–Trinajstić information content (AvgIpc) is 2.38. The van der Waals surface area contributed by atoms with Crippen LogP contribution in [0.5, 0.6) is 0 Å². The van der Waals surface area contributed by atoms with Gasteiger partial charge in [0.05, 0.1) is 17.7 Å². The second kappa shape index (κ2) is 4.82. The van der Waals surface area contributed by atoms with Gasteiger partial charge in [-0.2, -0.15) is 5.26 Å². The van der Waals surface area contributed by atoms with Crippen LogP contribution in [-0.4, -0.2) is 25.7 Å². The lowest BCUT2D eigenvalue weighted by Crippen LogP contribution is -2.50. The third kappa shape index (κ3) is 2.07. The Balaban J connectivity index is 2.27. The third-order valence-electron chi connectivity index (χ3n) is 2.86. The number of hydrogen-bond donors (Lipinski definition) is 1. The SMILES string of the molecule is C=CC1CNCCN1c1cccc(C#N)c1. The van der Waals surface area contributed by atoms with Crippen molar-refractivity contribution in [3.05, 3.63) is 42.5 Å². The summed E-state index contributed by atoms with van der Waals surface area (Å²) >= 11 is 0. The molecule has 1 saturated heterocycles. The maximum absolute atomic E-state index is 8.88. The van der Waals surface area contributed by atoms with E-state index in [9.17, 15) is 0 Å². The second-order valence-electron chi connectivity index (χ2n) is 3.86. The van der Waals surface area contributed by atoms with Gasteiger partial charge in [0.2, 0.25) is 0 Å². The minimum atomic E-state index is 0.308. The molecule has 0 aliphatic carbocycles. The molecule has 1 aromatic carbocycles. The van der Waals surface area contributed by atoms with Crippen LogP contribution in [0.15, 0.2) is 36.9 Å². The number of nitrogens with zero attached hydrogens (tertiary/aromatic N) is 2. The number of anilines is 1. The second-order valence-corrected chi connectivity index (χ2v) is 3.86. The Hall–Kier alpha value is -1.79. The lowest BCUT2D eigenvalue weighted by molar-refractivity contribution is 0.530. The molecule has 1 aromatic rings. The van der Waals surface area contributed by atoms with Crippen molar-refractivity contribution in [1.29, 1.82) is 5.26 Å². The van der Waals surface area contributed by atoms with Gasteiger partial charge in [0.25, 0.3) is 0 Å². The zero-order chi connectivity index (χ0) is 11.4. The maximum atomic E-state index is 8.88. The Bertz CT molecular complexity index is 419. The predicted octanol–water partition coefficient (Wildman–Crippen LogP) is 1.52. The Morgan fingerprint density at radius 1 is 1.56 bits per heavy atom. The summed E-state index contributed by atoms with van der Waals surface area (Å²) in [5, 5.41) is 12.2. The van der Waals surface area contributed by atoms with Crippen LogP contribution in [0, 0.1) is 11.3 Å². The van der Waals surface area contributed by atoms with Gasteiger partial charge >= 0.3 is 0 Å². The highest BCUT2D eigenvalue weighted by atomic mass is 15.2. The molecule has 3 heteroatoms. The van der Waals surface area contributed by atoms with Crippen molar-refractivity contribution in [2.24, 2.45) is 0 Å². The number of hydrogen-bond acceptors (Lipinski definition) is 3. The highest BCUT2D eigenvalue weighted by Crippen LogP contribution is 2.19. The summed E-state index contributed by atoms with van der Waals surface area (Å²) in [7, 11) is 0. The molecule has 1 heterocycles. The first-order valence-electron chi connectivity index (χ1n) is 5.45. The lowest BCUT2D eigenvalue weighted by atomic mass is 10.1. The quantitative estimate of drug-likeness (QED) is 0.757. The molecule has 1 atom stereocenters. The van der Waals surface area contributed by atoms with Crippen LogP contribution in [0.3, 0.4) is 0 Å². The Morgan fingerprint density at radius 3 is 3.19 bits per heavy atom. The minimum Gasteiger partial charge on any atom is -0.363 e. The predicted molar refractivity (Wildman–Crippen MR) is 65.4 cm³/mol. The van der Waals surface area contributed by atoms with E-state index in [0.717, 1.165) is 25.3 Å². The third-order valence-corrected chi connectivity index (χ3v) is 2.86. The molecule has 3 nitrogen and oxygen atoms in total. The van der Waals surface area contributed by atoms with Crippen molar-refractivity contribution in [3.8, 4) is 6.07 Å². The van der Waals surface area contributed by atoms with E-state index in [0.29, 0.717) is 11.6 Å². The molecule has 16 heavy (non-hydrogen) atoms. The topological polar surface area (TPSA) is 39.1 Å². The summed E-state index contributed by atoms with van der Waals surface area (Å²) in [4.78, 5) is 2.28. The summed E-state index contributed by atoms with van der Waals surface area (Å²) in [6.45, 7) is 6.70. The van der Waals surface area contributed by atoms with Crippen molar-refractivity contribution in [2.45, 2.75) is 6.04 Å². The molecular formula is C13H15N3. The van der Waals surface area contributed by atoms with Gasteiger partial charge in [-0.15, -0.1) is 6.58 Å². The molecule has 0 saturated carbocycles. The smallest absolute Gasteiger partial charge is 0.0992 e. The molecule has 0 spiro atoms. The molecule has 82 valence electrons. The summed E-state index contributed by atoms with van der Waals surface area (Å²) in [6.07, 6.45) is 1.95. The van der Waals surface area contributed by atoms with Crippen molar-refractivity contribution in [3.63, 3.8) is 0 Å². The zero-order valence-corrected chi connectivity index (χ0v) is 9.19. The average molecular weight is 213 g/mol. The number of rotatable bonds is 2. The molecule has 1 aliphatic heterocycles. The fourth-order valence-corrected chi connectivity index (χ4v) is 2.01. The fraction of sp³-hybridized carbons (Fsp3) is 0.308. The molecule has 0 aromatic heterocycles. The molecule has 1 N–H and O–H groups in total. The standard InChI is InChI=1S/C13H15N3/c1-2-12-10-15-6-7-16(12)13-5-3-4-11(8-13)9-14/h2-5,8,12,15H,1,6-7,10H2.